The smallest absolute Gasteiger partial charge is 0.315 e. The first-order valence-electron chi connectivity index (χ1n) is 17.7. The van der Waals surface area contributed by atoms with Gasteiger partial charge in [-0.15, -0.1) is 0 Å². The zero-order chi connectivity index (χ0) is 33.1. The molecule has 3 rings (SSSR count). The highest BCUT2D eigenvalue weighted by molar-refractivity contribution is 8.00. The molecule has 0 aromatic heterocycles. The number of rotatable bonds is 23. The third kappa shape index (κ3) is 13.8. The molecule has 0 bridgehead atoms. The number of unbranched alkanes of at least 4 members (excludes halogenated alkanes) is 6. The first kappa shape index (κ1) is 38.1. The van der Waals surface area contributed by atoms with Gasteiger partial charge < -0.3 is 31.5 Å². The molecular weight excluding hydrogens is 604 g/mol. The van der Waals surface area contributed by atoms with Crippen molar-refractivity contribution in [2.75, 3.05) is 18.8 Å². The SMILES string of the molecule is CCCCC[C@@H](O)/C=C/[C@H]1[C@@H](O)CC(=O)[C@@H]1C/C=C\CCCC(=O)NCCCCCNC(=O)CCCC[C@H]1SC[C@H]2NC(=O)N[C@@H]21. The molecule has 2 aliphatic heterocycles. The number of hydrogen-bond donors (Lipinski definition) is 6. The zero-order valence-corrected chi connectivity index (χ0v) is 28.5. The number of aliphatic hydroxyl groups excluding tert-OH is 2. The summed E-state index contributed by atoms with van der Waals surface area (Å²) in [5, 5.41) is 32.9. The van der Waals surface area contributed by atoms with Crippen molar-refractivity contribution < 1.29 is 29.4 Å². The van der Waals surface area contributed by atoms with Crippen LogP contribution < -0.4 is 21.3 Å². The molecule has 7 atom stereocenters. The highest BCUT2D eigenvalue weighted by atomic mass is 32.2. The highest BCUT2D eigenvalue weighted by Gasteiger charge is 2.42. The van der Waals surface area contributed by atoms with Crippen LogP contribution >= 0.6 is 11.8 Å². The van der Waals surface area contributed by atoms with Crippen molar-refractivity contribution in [1.29, 1.82) is 0 Å². The lowest BCUT2D eigenvalue weighted by atomic mass is 9.90. The zero-order valence-electron chi connectivity index (χ0n) is 27.7. The second kappa shape index (κ2) is 21.5. The van der Waals surface area contributed by atoms with E-state index < -0.39 is 12.2 Å². The van der Waals surface area contributed by atoms with Crippen LogP contribution in [0.5, 0.6) is 0 Å². The fraction of sp³-hybridized carbons (Fsp3) is 0.771. The van der Waals surface area contributed by atoms with Gasteiger partial charge in [0, 0.05) is 55.2 Å². The number of fused-ring (bicyclic) bond motifs is 1. The van der Waals surface area contributed by atoms with E-state index in [4.69, 9.17) is 0 Å². The van der Waals surface area contributed by atoms with E-state index >= 15 is 0 Å². The molecule has 0 aromatic rings. The summed E-state index contributed by atoms with van der Waals surface area (Å²) in [6, 6.07) is 0.407. The predicted molar refractivity (Wildman–Crippen MR) is 183 cm³/mol. The monoisotopic (exact) mass is 662 g/mol. The molecule has 0 radical (unpaired) electrons. The Balaban J connectivity index is 1.13. The van der Waals surface area contributed by atoms with Gasteiger partial charge in [-0.2, -0.15) is 11.8 Å². The fourth-order valence-corrected chi connectivity index (χ4v) is 8.10. The average Bonchev–Trinajstić information content (AvgIpc) is 3.66. The molecule has 2 saturated heterocycles. The Morgan fingerprint density at radius 2 is 1.70 bits per heavy atom. The summed E-state index contributed by atoms with van der Waals surface area (Å²) < 4.78 is 0. The minimum Gasteiger partial charge on any atom is -0.392 e. The molecule has 3 fully saturated rings. The van der Waals surface area contributed by atoms with Crippen molar-refractivity contribution >= 4 is 35.4 Å². The van der Waals surface area contributed by atoms with Crippen molar-refractivity contribution in [3.8, 4) is 0 Å². The lowest BCUT2D eigenvalue weighted by Gasteiger charge is -2.16. The van der Waals surface area contributed by atoms with Crippen molar-refractivity contribution in [3.05, 3.63) is 24.3 Å². The predicted octanol–water partition coefficient (Wildman–Crippen LogP) is 4.30. The summed E-state index contributed by atoms with van der Waals surface area (Å²) in [6.07, 6.45) is 18.9. The van der Waals surface area contributed by atoms with E-state index in [1.807, 2.05) is 30.0 Å². The second-order valence-corrected chi connectivity index (χ2v) is 14.4. The number of hydrogen-bond acceptors (Lipinski definition) is 7. The first-order valence-corrected chi connectivity index (χ1v) is 18.8. The molecule has 0 unspecified atom stereocenters. The van der Waals surface area contributed by atoms with Crippen LogP contribution in [0.3, 0.4) is 0 Å². The quantitative estimate of drug-likeness (QED) is 0.0541. The summed E-state index contributed by atoms with van der Waals surface area (Å²) >= 11 is 1.90. The number of Topliss-reactive ketones (excluding diaryl/α,β-unsaturated/α-hetero) is 1. The minimum atomic E-state index is -0.694. The van der Waals surface area contributed by atoms with Gasteiger partial charge in [0.2, 0.25) is 11.8 Å². The maximum atomic E-state index is 12.4. The van der Waals surface area contributed by atoms with E-state index in [0.717, 1.165) is 76.4 Å². The molecule has 1 saturated carbocycles. The third-order valence-electron chi connectivity index (χ3n) is 9.30. The molecule has 3 aliphatic rings. The topological polar surface area (TPSA) is 157 Å². The summed E-state index contributed by atoms with van der Waals surface area (Å²) in [7, 11) is 0. The Bertz CT molecular complexity index is 1020. The number of ketones is 1. The minimum absolute atomic E-state index is 0.0385. The van der Waals surface area contributed by atoms with Crippen LogP contribution in [0.25, 0.3) is 0 Å². The van der Waals surface area contributed by atoms with Gasteiger partial charge in [-0.25, -0.2) is 4.79 Å². The van der Waals surface area contributed by atoms with Crippen LogP contribution in [0.1, 0.15) is 110 Å². The largest absolute Gasteiger partial charge is 0.392 e. The summed E-state index contributed by atoms with van der Waals surface area (Å²) in [5.41, 5.74) is 0. The summed E-state index contributed by atoms with van der Waals surface area (Å²) in [4.78, 5) is 48.2. The van der Waals surface area contributed by atoms with Gasteiger partial charge in [0.15, 0.2) is 0 Å². The first-order chi connectivity index (χ1) is 22.3. The van der Waals surface area contributed by atoms with E-state index in [9.17, 15) is 29.4 Å². The van der Waals surface area contributed by atoms with Gasteiger partial charge >= 0.3 is 6.03 Å². The van der Waals surface area contributed by atoms with Crippen LogP contribution in [0.4, 0.5) is 4.79 Å². The van der Waals surface area contributed by atoms with Gasteiger partial charge in [0.05, 0.1) is 24.3 Å². The molecule has 2 heterocycles. The number of aliphatic hydroxyl groups is 2. The summed E-state index contributed by atoms with van der Waals surface area (Å²) in [5.74, 6) is 0.628. The molecule has 1 aliphatic carbocycles. The van der Waals surface area contributed by atoms with Gasteiger partial charge in [0.1, 0.15) is 5.78 Å². The van der Waals surface area contributed by atoms with E-state index in [1.54, 1.807) is 6.08 Å². The Labute approximate surface area is 279 Å². The van der Waals surface area contributed by atoms with E-state index in [0.29, 0.717) is 44.0 Å². The van der Waals surface area contributed by atoms with E-state index in [-0.39, 0.29) is 54.0 Å². The van der Waals surface area contributed by atoms with Crippen molar-refractivity contribution in [2.45, 2.75) is 139 Å². The highest BCUT2D eigenvalue weighted by Crippen LogP contribution is 2.34. The van der Waals surface area contributed by atoms with Crippen LogP contribution in [0.2, 0.25) is 0 Å². The van der Waals surface area contributed by atoms with Gasteiger partial charge in [-0.3, -0.25) is 14.4 Å². The Morgan fingerprint density at radius 1 is 0.957 bits per heavy atom. The lowest BCUT2D eigenvalue weighted by Crippen LogP contribution is -2.36. The number of nitrogens with one attached hydrogen (secondary N) is 4. The third-order valence-corrected chi connectivity index (χ3v) is 10.8. The average molecular weight is 663 g/mol. The molecule has 260 valence electrons. The number of allylic oxidation sites excluding steroid dienone is 2. The van der Waals surface area contributed by atoms with Crippen LogP contribution in [-0.4, -0.2) is 82.2 Å². The van der Waals surface area contributed by atoms with E-state index in [2.05, 4.69) is 28.2 Å². The van der Waals surface area contributed by atoms with Gasteiger partial charge in [-0.05, 0) is 57.8 Å². The Hall–Kier alpha value is -2.37. The lowest BCUT2D eigenvalue weighted by molar-refractivity contribution is -0.122. The number of carbonyl (C=O) groups is 4. The Morgan fingerprint density at radius 3 is 2.43 bits per heavy atom. The maximum absolute atomic E-state index is 12.4. The molecule has 6 N–H and O–H groups in total. The number of thioether (sulfide) groups is 1. The number of urea groups is 1. The summed E-state index contributed by atoms with van der Waals surface area (Å²) in [6.45, 7) is 3.41. The number of carbonyl (C=O) groups excluding carboxylic acids is 4. The number of amides is 4. The van der Waals surface area contributed by atoms with Gasteiger partial charge in [-0.1, -0.05) is 56.9 Å². The molecule has 46 heavy (non-hydrogen) atoms. The molecule has 11 heteroatoms. The van der Waals surface area contributed by atoms with Gasteiger partial charge in [0.25, 0.3) is 0 Å². The molecule has 4 amide bonds. The molecule has 10 nitrogen and oxygen atoms in total. The molecule has 0 aromatic carbocycles. The van der Waals surface area contributed by atoms with Crippen molar-refractivity contribution in [2.24, 2.45) is 11.8 Å². The Kier molecular flexibility index (Phi) is 17.8. The van der Waals surface area contributed by atoms with Crippen molar-refractivity contribution in [1.82, 2.24) is 21.3 Å². The molecular formula is C35H58N4O6S. The van der Waals surface area contributed by atoms with E-state index in [1.165, 1.54) is 0 Å². The molecule has 0 spiro atoms. The maximum Gasteiger partial charge on any atom is 0.315 e. The van der Waals surface area contributed by atoms with Crippen LogP contribution in [0.15, 0.2) is 24.3 Å². The normalized spacial score (nSPS) is 26.4. The van der Waals surface area contributed by atoms with Crippen LogP contribution in [0, 0.1) is 11.8 Å². The second-order valence-electron chi connectivity index (χ2n) is 13.1. The standard InChI is InChI=1S/C35H58N4O6S/c1-2-3-7-14-25(40)19-20-27-26(29(41)23-30(27)42)15-8-4-5-9-17-32(43)36-21-12-6-13-22-37-33(44)18-11-10-16-31-34-28(24-46-31)38-35(45)39-34/h4,8,19-20,25-28,30-31,34,40,42H,2-3,5-7,9-18,21-24H2,1H3,(H,36,43)(H,37,44)(H2,38,39,45)/b8-4-,20-19+/t25-,26-,27-,28-,30+,31-,34+/m1/s1. The van der Waals surface area contributed by atoms with Crippen molar-refractivity contribution in [3.63, 3.8) is 0 Å². The fourth-order valence-electron chi connectivity index (χ4n) is 6.56. The van der Waals surface area contributed by atoms with Crippen LogP contribution in [-0.2, 0) is 14.4 Å².